The van der Waals surface area contributed by atoms with Gasteiger partial charge in [0, 0.05) is 41.3 Å². The fourth-order valence-corrected chi connectivity index (χ4v) is 7.17. The third-order valence-electron chi connectivity index (χ3n) is 6.49. The number of rotatable bonds is 9. The van der Waals surface area contributed by atoms with Crippen LogP contribution in [-0.2, 0) is 21.4 Å². The molecular formula is C26H32Cl4N6O4S. The average molecular weight is 666 g/mol. The molecule has 41 heavy (non-hydrogen) atoms. The van der Waals surface area contributed by atoms with Crippen LogP contribution < -0.4 is 21.1 Å². The van der Waals surface area contributed by atoms with Crippen LogP contribution in [0.5, 0.6) is 5.75 Å². The third kappa shape index (κ3) is 7.65. The molecule has 5 N–H and O–H groups in total. The number of benzene rings is 2. The first-order chi connectivity index (χ1) is 18.5. The Morgan fingerprint density at radius 3 is 2.59 bits per heavy atom. The maximum Gasteiger partial charge on any atom is 0.245 e. The zero-order valence-corrected chi connectivity index (χ0v) is 26.3. The smallest absolute Gasteiger partial charge is 0.245 e. The number of hydrogen-bond acceptors (Lipinski definition) is 6. The maximum atomic E-state index is 13.7. The van der Waals surface area contributed by atoms with E-state index in [1.54, 1.807) is 6.07 Å². The zero-order chi connectivity index (χ0) is 28.3. The Morgan fingerprint density at radius 2 is 1.88 bits per heavy atom. The topological polar surface area (TPSA) is 150 Å². The van der Waals surface area contributed by atoms with Crippen LogP contribution in [0.1, 0.15) is 29.7 Å². The van der Waals surface area contributed by atoms with Crippen molar-refractivity contribution in [1.82, 2.24) is 19.9 Å². The Hall–Kier alpha value is -2.54. The number of ether oxygens (including phenoxy) is 1. The van der Waals surface area contributed by atoms with E-state index in [9.17, 15) is 13.2 Å². The average Bonchev–Trinajstić information content (AvgIpc) is 3.37. The highest BCUT2D eigenvalue weighted by Crippen LogP contribution is 2.36. The Morgan fingerprint density at radius 1 is 1.17 bits per heavy atom. The minimum Gasteiger partial charge on any atom is -0.487 e. The number of carbonyl (C=O) groups is 1. The van der Waals surface area contributed by atoms with Crippen molar-refractivity contribution >= 4 is 80.8 Å². The van der Waals surface area contributed by atoms with Gasteiger partial charge in [0.1, 0.15) is 28.8 Å². The molecule has 0 aliphatic carbocycles. The lowest BCUT2D eigenvalue weighted by Crippen LogP contribution is -2.47. The molecular weight excluding hydrogens is 634 g/mol. The summed E-state index contributed by atoms with van der Waals surface area (Å²) in [6, 6.07) is 9.53. The van der Waals surface area contributed by atoms with Crippen LogP contribution in [0.15, 0.2) is 41.3 Å². The molecule has 224 valence electrons. The van der Waals surface area contributed by atoms with Gasteiger partial charge in [-0.3, -0.25) is 10.2 Å². The summed E-state index contributed by atoms with van der Waals surface area (Å²) in [5.74, 6) is -0.118. The van der Waals surface area contributed by atoms with E-state index >= 15 is 0 Å². The Balaban J connectivity index is 0.00000294. The molecule has 0 saturated carbocycles. The summed E-state index contributed by atoms with van der Waals surface area (Å²) in [6.07, 6.45) is 0.899. The third-order valence-corrected chi connectivity index (χ3v) is 9.34. The number of para-hydroxylation sites is 1. The molecule has 1 aromatic heterocycles. The number of halogens is 4. The summed E-state index contributed by atoms with van der Waals surface area (Å²) in [4.78, 5) is 17.3. The molecule has 0 radical (unpaired) electrons. The number of pyridine rings is 1. The van der Waals surface area contributed by atoms with E-state index in [1.165, 1.54) is 16.4 Å². The van der Waals surface area contributed by atoms with Gasteiger partial charge in [-0.05, 0) is 56.5 Å². The molecule has 0 bridgehead atoms. The second-order valence-electron chi connectivity index (χ2n) is 9.26. The molecule has 2 heterocycles. The second kappa shape index (κ2) is 14.6. The molecule has 1 aliphatic rings. The number of aromatic nitrogens is 1. The van der Waals surface area contributed by atoms with E-state index < -0.39 is 22.0 Å². The minimum atomic E-state index is -4.13. The van der Waals surface area contributed by atoms with Crippen LogP contribution in [0.3, 0.4) is 0 Å². The van der Waals surface area contributed by atoms with Crippen LogP contribution in [0, 0.1) is 19.3 Å². The monoisotopic (exact) mass is 664 g/mol. The van der Waals surface area contributed by atoms with Crippen molar-refractivity contribution in [2.24, 2.45) is 5.73 Å². The molecule has 2 aromatic carbocycles. The molecule has 1 fully saturated rings. The minimum absolute atomic E-state index is 0. The van der Waals surface area contributed by atoms with Crippen molar-refractivity contribution < 1.29 is 17.9 Å². The first kappa shape index (κ1) is 34.7. The molecule has 4 rings (SSSR count). The highest BCUT2D eigenvalue weighted by atomic mass is 35.5. The van der Waals surface area contributed by atoms with Gasteiger partial charge in [-0.25, -0.2) is 13.4 Å². The van der Waals surface area contributed by atoms with Gasteiger partial charge in [-0.1, -0.05) is 35.3 Å². The van der Waals surface area contributed by atoms with Crippen LogP contribution in [-0.4, -0.2) is 55.2 Å². The van der Waals surface area contributed by atoms with Crippen LogP contribution >= 0.6 is 48.0 Å². The fourth-order valence-electron chi connectivity index (χ4n) is 4.65. The van der Waals surface area contributed by atoms with Crippen molar-refractivity contribution in [3.8, 4) is 5.75 Å². The van der Waals surface area contributed by atoms with E-state index in [0.717, 1.165) is 16.6 Å². The first-order valence-electron chi connectivity index (χ1n) is 12.3. The van der Waals surface area contributed by atoms with Gasteiger partial charge in [-0.15, -0.1) is 24.8 Å². The quantitative estimate of drug-likeness (QED) is 0.151. The number of aryl methyl sites for hydroxylation is 2. The standard InChI is InChI=1S/C26H30Cl2N6O4S.2ClH/c1-15-13-16(2)33-24-17(15)5-3-7-21(24)38-14-18-19(27)8-9-22(23(18)28)39(36,37)34-12-4-6-20(34)25(35)31-10-11-32-26(29)30;;/h3,5,7-9,13,20H,4,6,10-12,14H2,1-2H3,(H,31,35)(H4,29,30,32);2*1H/t20-;;/m0../s1. The van der Waals surface area contributed by atoms with E-state index in [2.05, 4.69) is 15.6 Å². The number of guanidine groups is 1. The number of sulfonamides is 1. The Labute approximate surface area is 261 Å². The lowest BCUT2D eigenvalue weighted by Gasteiger charge is -2.24. The van der Waals surface area contributed by atoms with Crippen molar-refractivity contribution in [1.29, 1.82) is 5.41 Å². The second-order valence-corrected chi connectivity index (χ2v) is 11.9. The summed E-state index contributed by atoms with van der Waals surface area (Å²) in [6.45, 7) is 4.43. The summed E-state index contributed by atoms with van der Waals surface area (Å²) >= 11 is 13.1. The predicted molar refractivity (Wildman–Crippen MR) is 166 cm³/mol. The van der Waals surface area contributed by atoms with Gasteiger partial charge in [0.2, 0.25) is 15.9 Å². The molecule has 10 nitrogen and oxygen atoms in total. The van der Waals surface area contributed by atoms with Gasteiger partial charge < -0.3 is 21.1 Å². The fraction of sp³-hybridized carbons (Fsp3) is 0.346. The summed E-state index contributed by atoms with van der Waals surface area (Å²) < 4.78 is 34.6. The number of nitrogens with zero attached hydrogens (tertiary/aromatic N) is 2. The van der Waals surface area contributed by atoms with Crippen molar-refractivity contribution in [3.63, 3.8) is 0 Å². The molecule has 1 amide bonds. The lowest BCUT2D eigenvalue weighted by molar-refractivity contribution is -0.124. The summed E-state index contributed by atoms with van der Waals surface area (Å²) in [5.41, 5.74) is 8.16. The highest BCUT2D eigenvalue weighted by Gasteiger charge is 2.40. The van der Waals surface area contributed by atoms with Gasteiger partial charge in [0.05, 0.1) is 5.02 Å². The molecule has 1 aliphatic heterocycles. The van der Waals surface area contributed by atoms with Crippen molar-refractivity contribution in [3.05, 3.63) is 63.3 Å². The Kier molecular flexibility index (Phi) is 12.3. The lowest BCUT2D eigenvalue weighted by atomic mass is 10.1. The van der Waals surface area contributed by atoms with Gasteiger partial charge >= 0.3 is 0 Å². The molecule has 0 unspecified atom stereocenters. The normalized spacial score (nSPS) is 15.1. The Bertz CT molecular complexity index is 1540. The van der Waals surface area contributed by atoms with Crippen LogP contribution in [0.2, 0.25) is 10.0 Å². The summed E-state index contributed by atoms with van der Waals surface area (Å²) in [7, 11) is -4.13. The number of nitrogens with two attached hydrogens (primary N) is 1. The van der Waals surface area contributed by atoms with Crippen LogP contribution in [0.4, 0.5) is 0 Å². The van der Waals surface area contributed by atoms with Crippen molar-refractivity contribution in [2.75, 3.05) is 19.6 Å². The molecule has 1 atom stereocenters. The van der Waals surface area contributed by atoms with Crippen molar-refractivity contribution in [2.45, 2.75) is 44.2 Å². The number of amides is 1. The predicted octanol–water partition coefficient (Wildman–Crippen LogP) is 4.33. The number of hydrogen-bond donors (Lipinski definition) is 4. The van der Waals surface area contributed by atoms with Gasteiger partial charge in [0.25, 0.3) is 0 Å². The van der Waals surface area contributed by atoms with Gasteiger partial charge in [0.15, 0.2) is 5.96 Å². The highest BCUT2D eigenvalue weighted by molar-refractivity contribution is 7.89. The number of carbonyl (C=O) groups excluding carboxylic acids is 1. The number of fused-ring (bicyclic) bond motifs is 1. The molecule has 3 aromatic rings. The maximum absolute atomic E-state index is 13.7. The largest absolute Gasteiger partial charge is 0.487 e. The van der Waals surface area contributed by atoms with E-state index in [4.69, 9.17) is 39.1 Å². The SMILES string of the molecule is Cc1cc(C)c2cccc(OCc3c(Cl)ccc(S(=O)(=O)N4CCC[C@H]4C(=O)NCCNC(=N)N)c3Cl)c2n1.Cl.Cl. The first-order valence-corrected chi connectivity index (χ1v) is 14.5. The summed E-state index contributed by atoms with van der Waals surface area (Å²) in [5, 5.41) is 13.6. The van der Waals surface area contributed by atoms with Crippen LogP contribution in [0.25, 0.3) is 10.9 Å². The number of nitrogens with one attached hydrogen (secondary N) is 3. The molecule has 15 heteroatoms. The molecule has 1 saturated heterocycles. The zero-order valence-electron chi connectivity index (χ0n) is 22.4. The van der Waals surface area contributed by atoms with E-state index in [1.807, 2.05) is 32.0 Å². The van der Waals surface area contributed by atoms with E-state index in [0.29, 0.717) is 29.7 Å². The molecule has 0 spiro atoms. The van der Waals surface area contributed by atoms with Gasteiger partial charge in [-0.2, -0.15) is 4.31 Å². The van der Waals surface area contributed by atoms with E-state index in [-0.39, 0.29) is 72.0 Å².